The normalized spacial score (nSPS) is 15.1. The first-order valence-electron chi connectivity index (χ1n) is 4.80. The zero-order chi connectivity index (χ0) is 14.1. The number of carbonyl (C=O) groups excluding carboxylic acids is 1. The lowest BCUT2D eigenvalue weighted by Gasteiger charge is -2.24. The number of carbonyl (C=O) groups is 1. The van der Waals surface area contributed by atoms with E-state index >= 15 is 0 Å². The smallest absolute Gasteiger partial charge is 0.416 e. The second-order valence-electron chi connectivity index (χ2n) is 3.70. The third-order valence-corrected chi connectivity index (χ3v) is 3.03. The van der Waals surface area contributed by atoms with Gasteiger partial charge >= 0.3 is 12.1 Å². The van der Waals surface area contributed by atoms with Gasteiger partial charge in [0.25, 0.3) is 0 Å². The van der Waals surface area contributed by atoms with Crippen molar-refractivity contribution in [2.45, 2.75) is 24.5 Å². The maximum atomic E-state index is 12.6. The maximum absolute atomic E-state index is 12.6. The summed E-state index contributed by atoms with van der Waals surface area (Å²) >= 11 is 8.87. The predicted molar refractivity (Wildman–Crippen MR) is 64.5 cm³/mol. The highest BCUT2D eigenvalue weighted by atomic mass is 79.9. The predicted octanol–water partition coefficient (Wildman–Crippen LogP) is 4.49. The lowest BCUT2D eigenvalue weighted by molar-refractivity contribution is -0.147. The van der Waals surface area contributed by atoms with Crippen LogP contribution in [0.1, 0.15) is 25.0 Å². The first kappa shape index (κ1) is 15.3. The minimum Gasteiger partial charge on any atom is -0.443 e. The van der Waals surface area contributed by atoms with Gasteiger partial charge in [-0.25, -0.2) is 0 Å². The van der Waals surface area contributed by atoms with Crippen molar-refractivity contribution in [2.75, 3.05) is 0 Å². The number of rotatable bonds is 2. The summed E-state index contributed by atoms with van der Waals surface area (Å²) in [6.07, 6.45) is -4.49. The molecule has 0 heterocycles. The van der Waals surface area contributed by atoms with E-state index in [2.05, 4.69) is 15.9 Å². The molecule has 100 valence electrons. The van der Waals surface area contributed by atoms with Crippen LogP contribution in [-0.2, 0) is 20.2 Å². The van der Waals surface area contributed by atoms with E-state index in [1.54, 1.807) is 0 Å². The van der Waals surface area contributed by atoms with Gasteiger partial charge in [0.2, 0.25) is 0 Å². The second-order valence-corrected chi connectivity index (χ2v) is 5.62. The summed E-state index contributed by atoms with van der Waals surface area (Å²) < 4.78 is 41.2. The Morgan fingerprint density at radius 3 is 2.39 bits per heavy atom. The van der Waals surface area contributed by atoms with Crippen molar-refractivity contribution in [1.82, 2.24) is 0 Å². The molecular formula is C11H9BrClF3O2. The van der Waals surface area contributed by atoms with Crippen LogP contribution >= 0.6 is 27.5 Å². The molecule has 2 nitrogen and oxygen atoms in total. The number of halogens is 5. The van der Waals surface area contributed by atoms with Crippen molar-refractivity contribution < 1.29 is 22.7 Å². The SMILES string of the molecule is CC(=O)OC(C)(Br)c1cc(C(F)(F)F)ccc1Cl. The van der Waals surface area contributed by atoms with Gasteiger partial charge in [0.1, 0.15) is 0 Å². The molecule has 0 aliphatic rings. The van der Waals surface area contributed by atoms with Crippen LogP contribution in [-0.4, -0.2) is 5.97 Å². The van der Waals surface area contributed by atoms with Crippen molar-refractivity contribution >= 4 is 33.5 Å². The van der Waals surface area contributed by atoms with Crippen molar-refractivity contribution in [2.24, 2.45) is 0 Å². The highest BCUT2D eigenvalue weighted by Crippen LogP contribution is 2.40. The number of hydrogen-bond acceptors (Lipinski definition) is 2. The van der Waals surface area contributed by atoms with Crippen LogP contribution in [0.3, 0.4) is 0 Å². The molecule has 0 radical (unpaired) electrons. The molecule has 0 aromatic heterocycles. The first-order chi connectivity index (χ1) is 8.04. The molecule has 7 heteroatoms. The average Bonchev–Trinajstić information content (AvgIpc) is 2.13. The van der Waals surface area contributed by atoms with E-state index in [1.807, 2.05) is 0 Å². The molecule has 1 aromatic rings. The maximum Gasteiger partial charge on any atom is 0.416 e. The Labute approximate surface area is 115 Å². The topological polar surface area (TPSA) is 26.3 Å². The molecule has 0 saturated heterocycles. The van der Waals surface area contributed by atoms with Crippen molar-refractivity contribution in [1.29, 1.82) is 0 Å². The molecular weight excluding hydrogens is 336 g/mol. The van der Waals surface area contributed by atoms with Gasteiger partial charge in [-0.15, -0.1) is 0 Å². The lowest BCUT2D eigenvalue weighted by Crippen LogP contribution is -2.22. The van der Waals surface area contributed by atoms with Gasteiger partial charge in [0.05, 0.1) is 5.56 Å². The summed E-state index contributed by atoms with van der Waals surface area (Å²) in [4.78, 5) is 10.9. The molecule has 0 aliphatic heterocycles. The molecule has 0 fully saturated rings. The van der Waals surface area contributed by atoms with Crippen LogP contribution in [0.15, 0.2) is 18.2 Å². The van der Waals surface area contributed by atoms with Crippen LogP contribution < -0.4 is 0 Å². The van der Waals surface area contributed by atoms with Crippen LogP contribution in [0.25, 0.3) is 0 Å². The largest absolute Gasteiger partial charge is 0.443 e. The number of benzene rings is 1. The minimum absolute atomic E-state index is 0.0363. The van der Waals surface area contributed by atoms with Crippen LogP contribution in [0.4, 0.5) is 13.2 Å². The van der Waals surface area contributed by atoms with Crippen molar-refractivity contribution in [3.63, 3.8) is 0 Å². The van der Waals surface area contributed by atoms with Crippen LogP contribution in [0.5, 0.6) is 0 Å². The molecule has 18 heavy (non-hydrogen) atoms. The molecule has 0 aliphatic carbocycles. The molecule has 1 atom stereocenters. The zero-order valence-corrected chi connectivity index (χ0v) is 11.8. The Morgan fingerprint density at radius 1 is 1.39 bits per heavy atom. The fraction of sp³-hybridized carbons (Fsp3) is 0.364. The van der Waals surface area contributed by atoms with Gasteiger partial charge in [-0.1, -0.05) is 11.6 Å². The molecule has 1 rings (SSSR count). The summed E-state index contributed by atoms with van der Waals surface area (Å²) in [6, 6.07) is 2.82. The van der Waals surface area contributed by atoms with Gasteiger partial charge in [-0.2, -0.15) is 13.2 Å². The highest BCUT2D eigenvalue weighted by Gasteiger charge is 2.35. The number of ether oxygens (including phenoxy) is 1. The zero-order valence-electron chi connectivity index (χ0n) is 9.44. The van der Waals surface area contributed by atoms with Gasteiger partial charge in [-0.3, -0.25) is 4.79 Å². The summed E-state index contributed by atoms with van der Waals surface area (Å²) in [5, 5.41) is 0.0728. The highest BCUT2D eigenvalue weighted by molar-refractivity contribution is 9.09. The summed E-state index contributed by atoms with van der Waals surface area (Å²) in [5.74, 6) is -0.636. The summed E-state index contributed by atoms with van der Waals surface area (Å²) in [6.45, 7) is 2.55. The Morgan fingerprint density at radius 2 is 1.94 bits per heavy atom. The number of esters is 1. The molecule has 0 spiro atoms. The third-order valence-electron chi connectivity index (χ3n) is 2.11. The molecule has 0 bridgehead atoms. The molecule has 0 amide bonds. The van der Waals surface area contributed by atoms with E-state index in [1.165, 1.54) is 6.92 Å². The fourth-order valence-electron chi connectivity index (χ4n) is 1.37. The van der Waals surface area contributed by atoms with Crippen LogP contribution in [0.2, 0.25) is 5.02 Å². The van der Waals surface area contributed by atoms with Gasteiger partial charge < -0.3 is 4.74 Å². The quantitative estimate of drug-likeness (QED) is 0.583. The first-order valence-corrected chi connectivity index (χ1v) is 5.97. The van der Waals surface area contributed by atoms with Gasteiger partial charge in [-0.05, 0) is 41.1 Å². The molecule has 0 N–H and O–H groups in total. The Hall–Kier alpha value is -0.750. The second kappa shape index (κ2) is 5.09. The Kier molecular flexibility index (Phi) is 4.33. The van der Waals surface area contributed by atoms with E-state index in [4.69, 9.17) is 16.3 Å². The monoisotopic (exact) mass is 344 g/mol. The van der Waals surface area contributed by atoms with Crippen LogP contribution in [0, 0.1) is 0 Å². The standard InChI is InChI=1S/C11H9BrClF3O2/c1-6(17)18-10(2,12)8-5-7(11(14,15)16)3-4-9(8)13/h3-5H,1-2H3. The lowest BCUT2D eigenvalue weighted by atomic mass is 10.1. The van der Waals surface area contributed by atoms with E-state index in [0.717, 1.165) is 25.1 Å². The average molecular weight is 346 g/mol. The molecule has 1 unspecified atom stereocenters. The van der Waals surface area contributed by atoms with E-state index < -0.39 is 22.2 Å². The molecule has 0 saturated carbocycles. The third kappa shape index (κ3) is 3.62. The van der Waals surface area contributed by atoms with E-state index in [-0.39, 0.29) is 10.6 Å². The van der Waals surface area contributed by atoms with E-state index in [0.29, 0.717) is 0 Å². The minimum atomic E-state index is -4.49. The Bertz CT molecular complexity index is 472. The summed E-state index contributed by atoms with van der Waals surface area (Å²) in [7, 11) is 0. The van der Waals surface area contributed by atoms with Gasteiger partial charge in [0.15, 0.2) is 4.51 Å². The van der Waals surface area contributed by atoms with Crippen molar-refractivity contribution in [3.05, 3.63) is 34.3 Å². The Balaban J connectivity index is 3.27. The van der Waals surface area contributed by atoms with Crippen molar-refractivity contribution in [3.8, 4) is 0 Å². The number of alkyl halides is 4. The summed E-state index contributed by atoms with van der Waals surface area (Å²) in [5.41, 5.74) is -0.825. The number of hydrogen-bond donors (Lipinski definition) is 0. The fourth-order valence-corrected chi connectivity index (χ4v) is 2.34. The molecule has 1 aromatic carbocycles. The van der Waals surface area contributed by atoms with E-state index in [9.17, 15) is 18.0 Å². The van der Waals surface area contributed by atoms with Gasteiger partial charge in [0, 0.05) is 17.5 Å².